The molecule has 2 aromatic carbocycles. The van der Waals surface area contributed by atoms with Crippen LogP contribution >= 0.6 is 0 Å². The lowest BCUT2D eigenvalue weighted by atomic mass is 9.94. The zero-order valence-corrected chi connectivity index (χ0v) is 28.8. The van der Waals surface area contributed by atoms with Gasteiger partial charge in [0.1, 0.15) is 17.7 Å². The van der Waals surface area contributed by atoms with E-state index in [1.807, 2.05) is 0 Å². The van der Waals surface area contributed by atoms with Crippen molar-refractivity contribution in [3.8, 4) is 18.0 Å². The van der Waals surface area contributed by atoms with E-state index in [4.69, 9.17) is 9.72 Å². The predicted molar refractivity (Wildman–Crippen MR) is 190 cm³/mol. The molecule has 6 rings (SSSR count). The van der Waals surface area contributed by atoms with Gasteiger partial charge in [0.2, 0.25) is 11.8 Å². The van der Waals surface area contributed by atoms with Gasteiger partial charge in [0.25, 0.3) is 0 Å². The number of nitriles is 2. The third kappa shape index (κ3) is 6.84. The van der Waals surface area contributed by atoms with Crippen molar-refractivity contribution in [2.24, 2.45) is 5.41 Å². The average Bonchev–Trinajstić information content (AvgIpc) is 3.07. The van der Waals surface area contributed by atoms with Crippen molar-refractivity contribution < 1.29 is 9.53 Å². The minimum absolute atomic E-state index is 0.0273. The first-order valence-electron chi connectivity index (χ1n) is 17.2. The number of likely N-dealkylation sites (tertiary alicyclic amines) is 1. The predicted octanol–water partition coefficient (Wildman–Crippen LogP) is 5.98. The minimum Gasteiger partial charge on any atom is -0.473 e. The Morgan fingerprint density at radius 2 is 1.81 bits per heavy atom. The van der Waals surface area contributed by atoms with Gasteiger partial charge in [-0.05, 0) is 54.7 Å². The van der Waals surface area contributed by atoms with Crippen molar-refractivity contribution in [1.29, 1.82) is 10.5 Å². The Bertz CT molecular complexity index is 1770. The molecule has 250 valence electrons. The summed E-state index contributed by atoms with van der Waals surface area (Å²) >= 11 is 0. The van der Waals surface area contributed by atoms with Crippen LogP contribution in [-0.4, -0.2) is 78.7 Å². The van der Waals surface area contributed by atoms with E-state index in [9.17, 15) is 15.3 Å². The highest BCUT2D eigenvalue weighted by molar-refractivity contribution is 5.97. The van der Waals surface area contributed by atoms with Crippen LogP contribution in [0.4, 0.5) is 11.4 Å². The molecule has 9 nitrogen and oxygen atoms in total. The van der Waals surface area contributed by atoms with Gasteiger partial charge in [0.15, 0.2) is 0 Å². The van der Waals surface area contributed by atoms with Gasteiger partial charge in [-0.25, -0.2) is 4.98 Å². The Balaban J connectivity index is 1.37. The molecule has 0 aliphatic carbocycles. The van der Waals surface area contributed by atoms with Crippen LogP contribution in [-0.2, 0) is 17.8 Å². The molecule has 2 saturated heterocycles. The minimum atomic E-state index is -0.306. The van der Waals surface area contributed by atoms with Gasteiger partial charge in [0, 0.05) is 62.5 Å². The van der Waals surface area contributed by atoms with Gasteiger partial charge >= 0.3 is 0 Å². The number of aryl methyl sites for hydroxylation is 1. The smallest absolute Gasteiger partial charge is 0.246 e. The summed E-state index contributed by atoms with van der Waals surface area (Å²) in [5.41, 5.74) is 5.94. The molecule has 0 N–H and O–H groups in total. The lowest BCUT2D eigenvalue weighted by Crippen LogP contribution is -2.55. The Kier molecular flexibility index (Phi) is 9.62. The maximum absolute atomic E-state index is 12.7. The summed E-state index contributed by atoms with van der Waals surface area (Å²) in [5.74, 6) is 0.230. The molecule has 1 amide bonds. The zero-order chi connectivity index (χ0) is 34.0. The molecule has 0 spiro atoms. The number of aromatic nitrogens is 1. The lowest BCUT2D eigenvalue weighted by molar-refractivity contribution is -0.128. The van der Waals surface area contributed by atoms with Crippen molar-refractivity contribution in [3.63, 3.8) is 0 Å². The molecule has 3 aromatic rings. The molecule has 2 fully saturated rings. The summed E-state index contributed by atoms with van der Waals surface area (Å²) in [7, 11) is 0. The highest BCUT2D eigenvalue weighted by Gasteiger charge is 2.36. The second-order valence-electron chi connectivity index (χ2n) is 14.7. The number of carbonyl (C=O) groups excluding carboxylic acids is 1. The first-order valence-corrected chi connectivity index (χ1v) is 17.2. The number of rotatable bonds is 7. The van der Waals surface area contributed by atoms with Crippen molar-refractivity contribution in [2.45, 2.75) is 72.1 Å². The highest BCUT2D eigenvalue weighted by atomic mass is 16.5. The number of piperazine rings is 1. The number of nitrogens with zero attached hydrogens (tertiary/aromatic N) is 7. The van der Waals surface area contributed by atoms with Gasteiger partial charge in [-0.2, -0.15) is 10.5 Å². The van der Waals surface area contributed by atoms with Crippen LogP contribution in [0.5, 0.6) is 5.88 Å². The van der Waals surface area contributed by atoms with E-state index in [-0.39, 0.29) is 29.9 Å². The first-order chi connectivity index (χ1) is 23.1. The number of ether oxygens (including phenoxy) is 1. The summed E-state index contributed by atoms with van der Waals surface area (Å²) in [6.07, 6.45) is 3.97. The second kappa shape index (κ2) is 13.9. The molecule has 0 bridgehead atoms. The number of benzene rings is 2. The number of fused-ring (bicyclic) bond motifs is 2. The molecule has 1 atom stereocenters. The number of amides is 1. The van der Waals surface area contributed by atoms with Crippen LogP contribution in [0.2, 0.25) is 0 Å². The van der Waals surface area contributed by atoms with Crippen molar-refractivity contribution >= 4 is 28.1 Å². The molecule has 3 aliphatic heterocycles. The van der Waals surface area contributed by atoms with E-state index in [1.165, 1.54) is 28.1 Å². The van der Waals surface area contributed by atoms with Gasteiger partial charge in [-0.3, -0.25) is 4.79 Å². The second-order valence-corrected chi connectivity index (χ2v) is 14.7. The molecule has 0 radical (unpaired) electrons. The fourth-order valence-electron chi connectivity index (χ4n) is 7.80. The quantitative estimate of drug-likeness (QED) is 0.289. The summed E-state index contributed by atoms with van der Waals surface area (Å²) in [4.78, 5) is 26.7. The van der Waals surface area contributed by atoms with E-state index < -0.39 is 0 Å². The van der Waals surface area contributed by atoms with E-state index in [1.54, 1.807) is 4.90 Å². The number of anilines is 2. The molecular weight excluding hydrogens is 598 g/mol. The molecule has 9 heteroatoms. The first kappa shape index (κ1) is 33.3. The number of hydrogen-bond acceptors (Lipinski definition) is 8. The molecule has 4 heterocycles. The Morgan fingerprint density at radius 3 is 2.50 bits per heavy atom. The fraction of sp³-hybridized carbons (Fsp3) is 0.487. The summed E-state index contributed by atoms with van der Waals surface area (Å²) in [6.45, 7) is 18.4. The van der Waals surface area contributed by atoms with E-state index in [0.717, 1.165) is 62.4 Å². The SMILES string of the molecule is C=CC(=O)N1CCN(c2c(C#N)c(OC3CCN(CC(C)(C)C)CC3)nc3c2CCN(c2cccc4cccc(C)c24)C3)C[C@@H]1CC#N. The maximum Gasteiger partial charge on any atom is 0.246 e. The third-order valence-electron chi connectivity index (χ3n) is 9.93. The third-order valence-corrected chi connectivity index (χ3v) is 9.93. The van der Waals surface area contributed by atoms with Crippen LogP contribution in [0.1, 0.15) is 62.4 Å². The number of carbonyl (C=O) groups is 1. The Labute approximate surface area is 285 Å². The highest BCUT2D eigenvalue weighted by Crippen LogP contribution is 2.40. The van der Waals surface area contributed by atoms with Crippen LogP contribution in [0.15, 0.2) is 49.1 Å². The fourth-order valence-corrected chi connectivity index (χ4v) is 7.80. The normalized spacial score (nSPS) is 19.0. The van der Waals surface area contributed by atoms with Crippen molar-refractivity contribution in [1.82, 2.24) is 14.8 Å². The van der Waals surface area contributed by atoms with Crippen LogP contribution in [0.3, 0.4) is 0 Å². The van der Waals surface area contributed by atoms with Crippen molar-refractivity contribution in [3.05, 3.63) is 71.4 Å². The monoisotopic (exact) mass is 645 g/mol. The molecule has 48 heavy (non-hydrogen) atoms. The molecule has 3 aliphatic rings. The summed E-state index contributed by atoms with van der Waals surface area (Å²) in [5, 5.41) is 22.8. The van der Waals surface area contributed by atoms with E-state index in [2.05, 4.69) is 97.5 Å². The van der Waals surface area contributed by atoms with Gasteiger partial charge in [0.05, 0.1) is 36.5 Å². The standard InChI is InChI=1S/C39H47N7O2/c1-6-35(47)46-22-21-45(24-29(46)13-17-40)37-31-16-20-44(34-12-8-11-28-10-7-9-27(2)36(28)34)25-33(31)42-38(32(37)23-41)48-30-14-18-43(19-15-30)26-39(3,4)5/h6-12,29-30H,1,13-16,18-22,24-26H2,2-5H3/t29-/m0/s1. The zero-order valence-electron chi connectivity index (χ0n) is 28.8. The van der Waals surface area contributed by atoms with Crippen LogP contribution < -0.4 is 14.5 Å². The summed E-state index contributed by atoms with van der Waals surface area (Å²) in [6, 6.07) is 17.3. The molecule has 1 aromatic heterocycles. The van der Waals surface area contributed by atoms with Gasteiger partial charge in [-0.15, -0.1) is 0 Å². The number of piperidine rings is 1. The topological polar surface area (TPSA) is 99.7 Å². The van der Waals surface area contributed by atoms with Gasteiger partial charge in [-0.1, -0.05) is 57.7 Å². The molecule has 0 unspecified atom stereocenters. The number of pyridine rings is 1. The van der Waals surface area contributed by atoms with Crippen LogP contribution in [0.25, 0.3) is 10.8 Å². The Hall–Kier alpha value is -4.60. The Morgan fingerprint density at radius 1 is 1.06 bits per heavy atom. The lowest BCUT2D eigenvalue weighted by Gasteiger charge is -2.43. The molecule has 0 saturated carbocycles. The largest absolute Gasteiger partial charge is 0.473 e. The van der Waals surface area contributed by atoms with Crippen LogP contribution in [0, 0.1) is 35.0 Å². The average molecular weight is 646 g/mol. The maximum atomic E-state index is 12.7. The van der Waals surface area contributed by atoms with Crippen molar-refractivity contribution in [2.75, 3.05) is 55.6 Å². The van der Waals surface area contributed by atoms with Gasteiger partial charge < -0.3 is 24.3 Å². The van der Waals surface area contributed by atoms with E-state index >= 15 is 0 Å². The van der Waals surface area contributed by atoms with E-state index in [0.29, 0.717) is 37.6 Å². The summed E-state index contributed by atoms with van der Waals surface area (Å²) < 4.78 is 6.70. The number of hydrogen-bond donors (Lipinski definition) is 0. The molecular formula is C39H47N7O2.